The third-order valence-corrected chi connectivity index (χ3v) is 6.62. The quantitative estimate of drug-likeness (QED) is 0.366. The number of imidazole rings is 1. The number of aromatic nitrogens is 5. The Labute approximate surface area is 216 Å². The summed E-state index contributed by atoms with van der Waals surface area (Å²) in [7, 11) is 0. The fraction of sp³-hybridized carbons (Fsp3) is 0.346. The summed E-state index contributed by atoms with van der Waals surface area (Å²) in [6.45, 7) is 3.61. The van der Waals surface area contributed by atoms with Crippen molar-refractivity contribution < 1.29 is 23.0 Å². The molecular formula is C26H25F2N7O3. The van der Waals surface area contributed by atoms with Crippen molar-refractivity contribution in [3.8, 4) is 11.7 Å². The minimum atomic E-state index is -2.80. The summed E-state index contributed by atoms with van der Waals surface area (Å²) in [4.78, 5) is 33.6. The van der Waals surface area contributed by atoms with Crippen LogP contribution in [-0.2, 0) is 4.74 Å². The maximum Gasteiger partial charge on any atom is 0.296 e. The van der Waals surface area contributed by atoms with Crippen LogP contribution in [0, 0.1) is 5.92 Å². The van der Waals surface area contributed by atoms with Gasteiger partial charge in [-0.25, -0.2) is 13.8 Å². The van der Waals surface area contributed by atoms with Gasteiger partial charge in [-0.2, -0.15) is 9.97 Å². The zero-order valence-electron chi connectivity index (χ0n) is 20.4. The molecule has 0 atom stereocenters. The summed E-state index contributed by atoms with van der Waals surface area (Å²) in [6, 6.07) is 11.9. The van der Waals surface area contributed by atoms with Crippen molar-refractivity contribution in [3.05, 3.63) is 66.2 Å². The van der Waals surface area contributed by atoms with Crippen LogP contribution in [-0.4, -0.2) is 81.3 Å². The third kappa shape index (κ3) is 4.74. The van der Waals surface area contributed by atoms with Crippen LogP contribution in [0.2, 0.25) is 0 Å². The van der Waals surface area contributed by atoms with Gasteiger partial charge in [0.1, 0.15) is 5.82 Å². The molecule has 0 saturated carbocycles. The third-order valence-electron chi connectivity index (χ3n) is 6.62. The van der Waals surface area contributed by atoms with Crippen LogP contribution in [0.4, 0.5) is 14.7 Å². The molecule has 5 heterocycles. The normalized spacial score (nSPS) is 16.2. The van der Waals surface area contributed by atoms with E-state index in [1.165, 1.54) is 4.57 Å². The Balaban J connectivity index is 1.25. The van der Waals surface area contributed by atoms with Gasteiger partial charge in [0.25, 0.3) is 12.3 Å². The molecule has 38 heavy (non-hydrogen) atoms. The van der Waals surface area contributed by atoms with E-state index in [0.29, 0.717) is 68.5 Å². The number of carbonyl (C=O) groups excluding carboxylic acids is 1. The number of alkyl halides is 2. The molecule has 1 amide bonds. The highest BCUT2D eigenvalue weighted by Gasteiger charge is 2.32. The smallest absolute Gasteiger partial charge is 0.296 e. The second-order valence-electron chi connectivity index (χ2n) is 9.18. The largest absolute Gasteiger partial charge is 0.477 e. The number of anilines is 1. The van der Waals surface area contributed by atoms with Gasteiger partial charge in [0.2, 0.25) is 11.8 Å². The molecular weight excluding hydrogens is 496 g/mol. The Bertz CT molecular complexity index is 1440. The fourth-order valence-corrected chi connectivity index (χ4v) is 4.65. The Morgan fingerprint density at radius 3 is 2.58 bits per heavy atom. The van der Waals surface area contributed by atoms with Crippen molar-refractivity contribution in [3.63, 3.8) is 0 Å². The molecule has 2 saturated heterocycles. The van der Waals surface area contributed by atoms with Crippen LogP contribution < -0.4 is 9.64 Å². The number of morpholine rings is 1. The van der Waals surface area contributed by atoms with E-state index >= 15 is 0 Å². The first-order chi connectivity index (χ1) is 18.6. The SMILES string of the molecule is O=C(c1ccncc1)N1CC(COc2cc(-n3c(C(F)F)nc4ccccc43)nc(N3CCOCC3)n2)C1. The number of benzene rings is 1. The van der Waals surface area contributed by atoms with Gasteiger partial charge in [-0.15, -0.1) is 0 Å². The van der Waals surface area contributed by atoms with Crippen molar-refractivity contribution in [1.29, 1.82) is 0 Å². The first-order valence-electron chi connectivity index (χ1n) is 12.4. The van der Waals surface area contributed by atoms with Gasteiger partial charge in [0, 0.05) is 56.1 Å². The van der Waals surface area contributed by atoms with E-state index in [1.54, 1.807) is 59.8 Å². The lowest BCUT2D eigenvalue weighted by atomic mass is 10.00. The molecule has 6 rings (SSSR count). The monoisotopic (exact) mass is 521 g/mol. The predicted octanol–water partition coefficient (Wildman–Crippen LogP) is 3.14. The van der Waals surface area contributed by atoms with E-state index in [4.69, 9.17) is 9.47 Å². The first kappa shape index (κ1) is 24.2. The maximum absolute atomic E-state index is 14.0. The summed E-state index contributed by atoms with van der Waals surface area (Å²) < 4.78 is 40.9. The number of carbonyl (C=O) groups is 1. The number of nitrogens with zero attached hydrogens (tertiary/aromatic N) is 7. The van der Waals surface area contributed by atoms with Gasteiger partial charge in [0.15, 0.2) is 5.82 Å². The molecule has 10 nitrogen and oxygen atoms in total. The average molecular weight is 522 g/mol. The number of fused-ring (bicyclic) bond motifs is 1. The Morgan fingerprint density at radius 1 is 1.05 bits per heavy atom. The number of pyridine rings is 1. The summed E-state index contributed by atoms with van der Waals surface area (Å²) in [6.07, 6.45) is 0.386. The number of ether oxygens (including phenoxy) is 2. The molecule has 2 fully saturated rings. The molecule has 0 radical (unpaired) electrons. The number of rotatable bonds is 7. The van der Waals surface area contributed by atoms with E-state index in [0.717, 1.165) is 0 Å². The lowest BCUT2D eigenvalue weighted by molar-refractivity contribution is 0.0388. The van der Waals surface area contributed by atoms with E-state index in [2.05, 4.69) is 19.9 Å². The predicted molar refractivity (Wildman–Crippen MR) is 134 cm³/mol. The first-order valence-corrected chi connectivity index (χ1v) is 12.4. The summed E-state index contributed by atoms with van der Waals surface area (Å²) >= 11 is 0. The van der Waals surface area contributed by atoms with Gasteiger partial charge in [0.05, 0.1) is 30.9 Å². The van der Waals surface area contributed by atoms with Gasteiger partial charge in [-0.05, 0) is 24.3 Å². The fourth-order valence-electron chi connectivity index (χ4n) is 4.65. The highest BCUT2D eigenvalue weighted by atomic mass is 19.3. The van der Waals surface area contributed by atoms with Gasteiger partial charge >= 0.3 is 0 Å². The highest BCUT2D eigenvalue weighted by Crippen LogP contribution is 2.30. The zero-order valence-corrected chi connectivity index (χ0v) is 20.4. The van der Waals surface area contributed by atoms with Crippen LogP contribution >= 0.6 is 0 Å². The van der Waals surface area contributed by atoms with E-state index < -0.39 is 12.2 Å². The molecule has 12 heteroatoms. The summed E-state index contributed by atoms with van der Waals surface area (Å²) in [5.41, 5.74) is 1.56. The Hall–Kier alpha value is -4.19. The maximum atomic E-state index is 14.0. The van der Waals surface area contributed by atoms with Crippen LogP contribution in [0.15, 0.2) is 54.9 Å². The number of likely N-dealkylation sites (tertiary alicyclic amines) is 1. The van der Waals surface area contributed by atoms with E-state index in [9.17, 15) is 13.6 Å². The van der Waals surface area contributed by atoms with Crippen molar-refractivity contribution in [2.24, 2.45) is 5.92 Å². The minimum absolute atomic E-state index is 0.0471. The molecule has 2 aliphatic rings. The highest BCUT2D eigenvalue weighted by molar-refractivity contribution is 5.94. The van der Waals surface area contributed by atoms with Crippen LogP contribution in [0.25, 0.3) is 16.9 Å². The van der Waals surface area contributed by atoms with Crippen molar-refractivity contribution >= 4 is 22.9 Å². The Kier molecular flexibility index (Phi) is 6.54. The lowest BCUT2D eigenvalue weighted by Crippen LogP contribution is -2.52. The molecule has 1 aromatic carbocycles. The van der Waals surface area contributed by atoms with Gasteiger partial charge in [-0.3, -0.25) is 14.3 Å². The number of hydrogen-bond donors (Lipinski definition) is 0. The lowest BCUT2D eigenvalue weighted by Gasteiger charge is -2.39. The minimum Gasteiger partial charge on any atom is -0.477 e. The topological polar surface area (TPSA) is 98.5 Å². The molecule has 2 aliphatic heterocycles. The van der Waals surface area contributed by atoms with Gasteiger partial charge < -0.3 is 19.3 Å². The van der Waals surface area contributed by atoms with Gasteiger partial charge in [-0.1, -0.05) is 12.1 Å². The molecule has 0 unspecified atom stereocenters. The molecule has 196 valence electrons. The van der Waals surface area contributed by atoms with Crippen LogP contribution in [0.1, 0.15) is 22.6 Å². The second kappa shape index (κ2) is 10.3. The van der Waals surface area contributed by atoms with E-state index in [-0.39, 0.29) is 23.5 Å². The Morgan fingerprint density at radius 2 is 1.82 bits per heavy atom. The number of hydrogen-bond acceptors (Lipinski definition) is 8. The standard InChI is InChI=1S/C26H25F2N7O3/c27-23(28)24-30-19-3-1-2-4-20(19)35(24)21-13-22(32-26(31-21)33-9-11-37-12-10-33)38-16-17-14-34(15-17)25(36)18-5-7-29-8-6-18/h1-8,13,17,23H,9-12,14-16H2. The second-order valence-corrected chi connectivity index (χ2v) is 9.18. The summed E-state index contributed by atoms with van der Waals surface area (Å²) in [5, 5.41) is 0. The number of halogens is 2. The molecule has 0 N–H and O–H groups in total. The number of para-hydroxylation sites is 2. The van der Waals surface area contributed by atoms with Crippen molar-refractivity contribution in [2.45, 2.75) is 6.43 Å². The summed E-state index contributed by atoms with van der Waals surface area (Å²) in [5.74, 6) is 0.581. The van der Waals surface area contributed by atoms with Crippen molar-refractivity contribution in [2.75, 3.05) is 50.9 Å². The van der Waals surface area contributed by atoms with Crippen LogP contribution in [0.5, 0.6) is 5.88 Å². The van der Waals surface area contributed by atoms with E-state index in [1.807, 2.05) is 4.90 Å². The zero-order chi connectivity index (χ0) is 26.1. The van der Waals surface area contributed by atoms with Crippen molar-refractivity contribution in [1.82, 2.24) is 29.4 Å². The molecule has 4 aromatic rings. The molecule has 0 bridgehead atoms. The van der Waals surface area contributed by atoms with Crippen LogP contribution in [0.3, 0.4) is 0 Å². The molecule has 3 aromatic heterocycles. The number of amides is 1. The molecule has 0 aliphatic carbocycles. The average Bonchev–Trinajstić information content (AvgIpc) is 3.33. The molecule has 0 spiro atoms.